The number of halogens is 2. The first kappa shape index (κ1) is 79.2. The van der Waals surface area contributed by atoms with Crippen molar-refractivity contribution in [2.24, 2.45) is 0 Å². The number of ether oxygens (including phenoxy) is 3. The third-order valence-corrected chi connectivity index (χ3v) is 16.5. The van der Waals surface area contributed by atoms with Crippen molar-refractivity contribution >= 4 is 98.2 Å². The number of nitrogens with one attached hydrogen (secondary N) is 5. The van der Waals surface area contributed by atoms with Crippen LogP contribution in [0.3, 0.4) is 0 Å². The van der Waals surface area contributed by atoms with Crippen LogP contribution in [0.2, 0.25) is 5.15 Å². The number of rotatable bonds is 5. The highest BCUT2D eigenvalue weighted by Gasteiger charge is 2.33. The van der Waals surface area contributed by atoms with Crippen LogP contribution < -0.4 is 52.9 Å². The van der Waals surface area contributed by atoms with Gasteiger partial charge in [-0.05, 0) is 81.6 Å². The Bertz CT molecular complexity index is 3710. The Balaban J connectivity index is 0.000000196. The Labute approximate surface area is 585 Å². The molecule has 11 rings (SSSR count). The van der Waals surface area contributed by atoms with Crippen molar-refractivity contribution in [1.82, 2.24) is 69.7 Å². The zero-order valence-corrected chi connectivity index (χ0v) is 59.8. The van der Waals surface area contributed by atoms with Gasteiger partial charge >= 0.3 is 18.3 Å². The smallest absolute Gasteiger partial charge is 0.410 e. The molecule has 542 valence electrons. The molecule has 4 aromatic rings. The summed E-state index contributed by atoms with van der Waals surface area (Å²) in [5.74, 6) is 0.862. The van der Waals surface area contributed by atoms with Gasteiger partial charge < -0.3 is 64.2 Å². The van der Waals surface area contributed by atoms with E-state index in [9.17, 15) is 62.3 Å². The summed E-state index contributed by atoms with van der Waals surface area (Å²) in [5.41, 5.74) is -2.36. The fourth-order valence-corrected chi connectivity index (χ4v) is 10.9. The van der Waals surface area contributed by atoms with E-state index in [4.69, 9.17) is 25.8 Å². The van der Waals surface area contributed by atoms with E-state index in [1.54, 1.807) is 14.7 Å². The highest BCUT2D eigenvalue weighted by molar-refractivity contribution is 9.10. The quantitative estimate of drug-likeness (QED) is 0.0630. The van der Waals surface area contributed by atoms with Gasteiger partial charge in [-0.2, -0.15) is 0 Å². The van der Waals surface area contributed by atoms with Crippen LogP contribution in [0.25, 0.3) is 0 Å². The van der Waals surface area contributed by atoms with E-state index >= 15 is 0 Å². The van der Waals surface area contributed by atoms with Gasteiger partial charge in [0.1, 0.15) is 63.6 Å². The predicted octanol–water partition coefficient (Wildman–Crippen LogP) is 2.94. The van der Waals surface area contributed by atoms with Gasteiger partial charge in [-0.25, -0.2) is 34.3 Å². The Kier molecular flexibility index (Phi) is 29.5. The minimum atomic E-state index is -0.615. The number of imide groups is 1. The number of carbonyl (C=O) groups excluding carboxylic acids is 9. The Morgan fingerprint density at radius 3 is 1.19 bits per heavy atom. The van der Waals surface area contributed by atoms with Crippen LogP contribution in [0.1, 0.15) is 126 Å². The van der Waals surface area contributed by atoms with Gasteiger partial charge in [-0.3, -0.25) is 62.4 Å². The van der Waals surface area contributed by atoms with Gasteiger partial charge in [0.05, 0.1) is 42.4 Å². The molecule has 7 fully saturated rings. The molecule has 0 aromatic carbocycles. The number of alkyl halides is 1. The number of H-pyrrole nitrogens is 2. The molecule has 7 aliphatic rings. The molecule has 0 bridgehead atoms. The zero-order chi connectivity index (χ0) is 72.8. The van der Waals surface area contributed by atoms with Crippen LogP contribution in [0, 0.1) is 0 Å². The summed E-state index contributed by atoms with van der Waals surface area (Å²) in [6, 6.07) is 4.41. The van der Waals surface area contributed by atoms with Gasteiger partial charge in [-0.1, -0.05) is 27.5 Å². The number of hydrogen-bond acceptors (Lipinski definition) is 25. The molecule has 5 N–H and O–H groups in total. The SMILES string of the molecule is CC(C)(C)OC(=O)N1CCN(c2cc(=O)[nH]cn2)CC1.CC(C)(C)OC(=O)N1CCN(c2cc(=O)n(C3CCC(=O)CC3=O)cn2)CC1.CC(C)(C)OC(=O)N1CCNCC1.O=C1CCC(Br)C(=O)N1.O=C1CCC(n2cnc(N3CCNCC3)cc2=O)C(=O)C1.O=c1cc(Cl)nc[nH]1. The summed E-state index contributed by atoms with van der Waals surface area (Å²) in [6.45, 7) is 27.7. The average molecular weight is 1470 g/mol. The molecule has 0 radical (unpaired) electrons. The lowest BCUT2D eigenvalue weighted by molar-refractivity contribution is -0.134. The Hall–Kier alpha value is -8.76. The molecule has 2 saturated carbocycles. The first-order valence-corrected chi connectivity index (χ1v) is 34.0. The van der Waals surface area contributed by atoms with Crippen LogP contribution in [0.15, 0.2) is 68.8 Å². The zero-order valence-electron chi connectivity index (χ0n) is 57.5. The van der Waals surface area contributed by atoms with Gasteiger partial charge in [0.2, 0.25) is 11.8 Å². The van der Waals surface area contributed by atoms with E-state index < -0.39 is 23.3 Å². The lowest BCUT2D eigenvalue weighted by atomic mass is 9.93. The van der Waals surface area contributed by atoms with E-state index in [2.05, 4.69) is 66.7 Å². The lowest BCUT2D eigenvalue weighted by Crippen LogP contribution is -2.50. The summed E-state index contributed by atoms with van der Waals surface area (Å²) < 4.78 is 18.6. The summed E-state index contributed by atoms with van der Waals surface area (Å²) in [4.78, 5) is 182. The van der Waals surface area contributed by atoms with E-state index in [0.29, 0.717) is 108 Å². The number of anilines is 3. The molecular formula is C64H91BrClN17O16. The number of ketones is 4. The maximum atomic E-state index is 12.5. The molecule has 33 nitrogen and oxygen atoms in total. The van der Waals surface area contributed by atoms with E-state index in [1.165, 1.54) is 58.7 Å². The number of piperidine rings is 1. The molecular weight excluding hydrogens is 1380 g/mol. The van der Waals surface area contributed by atoms with Gasteiger partial charge in [0.15, 0.2) is 11.6 Å². The fourth-order valence-electron chi connectivity index (χ4n) is 10.4. The average Bonchev–Trinajstić information content (AvgIpc) is 0.815. The molecule has 2 aliphatic carbocycles. The standard InChI is InChI=1S/C19H26N4O5.C14H18N4O3.C13H20N4O3.C9H18N2O2.C5H6BrNO2.C4H3ClN2O/c1-19(2,3)28-18(27)22-8-6-21(7-9-22)16-11-17(26)23(12-20-16)14-5-4-13(24)10-15(14)25;19-10-1-2-11(12(20)7-10)18-9-16-13(8-14(18)21)17-5-3-15-4-6-17;1-13(2,3)20-12(19)17-6-4-16(5-7-17)10-8-11(18)15-9-14-10;1-9(2,3)13-8(12)11-6-4-10-5-7-11;6-3-1-2-4(8)7-5(3)9;5-3-1-4(8)7-2-6-3/h11-12,14H,4-10H2,1-3H3;8-9,11,15H,1-7H2;8-9H,4-7H2,1-3H3,(H,14,15,18);10H,4-7H2,1-3H3;3H,1-2H2,(H,7,8,9);1-2H,(H,6,7,8). The Morgan fingerprint density at radius 2 is 0.848 bits per heavy atom. The van der Waals surface area contributed by atoms with E-state index in [-0.39, 0.29) is 104 Å². The van der Waals surface area contributed by atoms with Gasteiger partial charge in [0.25, 0.3) is 22.2 Å². The van der Waals surface area contributed by atoms with Crippen molar-refractivity contribution in [1.29, 1.82) is 0 Å². The summed E-state index contributed by atoms with van der Waals surface area (Å²) in [7, 11) is 0. The van der Waals surface area contributed by atoms with Crippen molar-refractivity contribution in [3.05, 3.63) is 96.1 Å². The van der Waals surface area contributed by atoms with Crippen LogP contribution in [-0.2, 0) is 43.0 Å². The normalized spacial score (nSPS) is 19.9. The number of Topliss-reactive ketones (excluding diaryl/α,β-unsaturated/α-hetero) is 4. The molecule has 0 spiro atoms. The number of aromatic amines is 2. The molecule has 9 heterocycles. The molecule has 35 heteroatoms. The number of nitrogens with zero attached hydrogens (tertiary/aromatic N) is 12. The minimum Gasteiger partial charge on any atom is -0.444 e. The minimum absolute atomic E-state index is 0.0466. The fraction of sp³-hybridized carbons (Fsp3) is 0.609. The number of aromatic nitrogens is 8. The second kappa shape index (κ2) is 36.9. The second-order valence-corrected chi connectivity index (χ2v) is 28.2. The molecule has 5 aliphatic heterocycles. The molecule has 5 amide bonds. The largest absolute Gasteiger partial charge is 0.444 e. The maximum absolute atomic E-state index is 12.5. The highest BCUT2D eigenvalue weighted by atomic mass is 79.9. The third-order valence-electron chi connectivity index (χ3n) is 15.4. The predicted molar refractivity (Wildman–Crippen MR) is 368 cm³/mol. The highest BCUT2D eigenvalue weighted by Crippen LogP contribution is 2.25. The van der Waals surface area contributed by atoms with Crippen molar-refractivity contribution < 1.29 is 57.4 Å². The molecule has 4 aromatic heterocycles. The van der Waals surface area contributed by atoms with Crippen LogP contribution in [0.5, 0.6) is 0 Å². The van der Waals surface area contributed by atoms with Crippen molar-refractivity contribution in [3.63, 3.8) is 0 Å². The topological polar surface area (TPSA) is 398 Å². The van der Waals surface area contributed by atoms with Gasteiger partial charge in [-0.15, -0.1) is 0 Å². The first-order chi connectivity index (χ1) is 46.6. The molecule has 5 saturated heterocycles. The second-order valence-electron chi connectivity index (χ2n) is 26.7. The van der Waals surface area contributed by atoms with E-state index in [1.807, 2.05) is 72.1 Å². The Morgan fingerprint density at radius 1 is 0.475 bits per heavy atom. The molecule has 99 heavy (non-hydrogen) atoms. The summed E-state index contributed by atoms with van der Waals surface area (Å²) >= 11 is 8.43. The number of amides is 5. The molecule has 3 atom stereocenters. The van der Waals surface area contributed by atoms with Crippen LogP contribution in [0.4, 0.5) is 31.8 Å². The van der Waals surface area contributed by atoms with Crippen molar-refractivity contribution in [3.8, 4) is 0 Å². The number of hydrogen-bond donors (Lipinski definition) is 5. The molecule has 3 unspecified atom stereocenters. The van der Waals surface area contributed by atoms with Gasteiger partial charge in [0, 0.05) is 148 Å². The van der Waals surface area contributed by atoms with Crippen LogP contribution in [-0.4, -0.2) is 233 Å². The van der Waals surface area contributed by atoms with Crippen LogP contribution >= 0.6 is 27.5 Å². The summed E-state index contributed by atoms with van der Waals surface area (Å²) in [6.07, 6.45) is 6.88. The van der Waals surface area contributed by atoms with Crippen molar-refractivity contribution in [2.45, 2.75) is 147 Å². The first-order valence-electron chi connectivity index (χ1n) is 32.7. The van der Waals surface area contributed by atoms with E-state index in [0.717, 1.165) is 52.4 Å². The number of carbonyl (C=O) groups is 9. The number of piperazine rings is 4. The lowest BCUT2D eigenvalue weighted by Gasteiger charge is -2.36. The maximum Gasteiger partial charge on any atom is 0.410 e. The summed E-state index contributed by atoms with van der Waals surface area (Å²) in [5, 5.41) is 8.85. The monoisotopic (exact) mass is 1470 g/mol. The van der Waals surface area contributed by atoms with Crippen molar-refractivity contribution in [2.75, 3.05) is 119 Å². The third kappa shape index (κ3) is 26.8.